The van der Waals surface area contributed by atoms with Crippen molar-refractivity contribution in [1.82, 2.24) is 23.7 Å². The molecule has 7 nitrogen and oxygen atoms in total. The van der Waals surface area contributed by atoms with E-state index in [-0.39, 0.29) is 4.90 Å². The van der Waals surface area contributed by atoms with E-state index in [0.29, 0.717) is 23.6 Å². The van der Waals surface area contributed by atoms with Gasteiger partial charge in [0.15, 0.2) is 5.65 Å². The van der Waals surface area contributed by atoms with Gasteiger partial charge in [0, 0.05) is 34.8 Å². The quantitative estimate of drug-likeness (QED) is 0.269. The Labute approximate surface area is 240 Å². The summed E-state index contributed by atoms with van der Waals surface area (Å²) in [5.41, 5.74) is 3.37. The lowest BCUT2D eigenvalue weighted by molar-refractivity contribution is 0.182. The summed E-state index contributed by atoms with van der Waals surface area (Å²) in [7, 11) is -1.65. The normalized spacial score (nSPS) is 24.8. The van der Waals surface area contributed by atoms with Gasteiger partial charge < -0.3 is 4.90 Å². The molecule has 4 aromatic rings. The van der Waals surface area contributed by atoms with Gasteiger partial charge in [-0.15, -0.1) is 11.3 Å². The van der Waals surface area contributed by atoms with Crippen molar-refractivity contribution in [2.24, 2.45) is 0 Å². The molecule has 3 aromatic heterocycles. The third-order valence-corrected chi connectivity index (χ3v) is 12.0. The Morgan fingerprint density at radius 3 is 2.45 bits per heavy atom. The highest BCUT2D eigenvalue weighted by Crippen LogP contribution is 2.40. The predicted octanol–water partition coefficient (Wildman–Crippen LogP) is 6.29. The van der Waals surface area contributed by atoms with Crippen molar-refractivity contribution in [2.45, 2.75) is 74.3 Å². The highest BCUT2D eigenvalue weighted by atomic mass is 32.2. The number of likely N-dealkylation sites (tertiary alicyclic amines) is 2. The molecule has 0 spiro atoms. The van der Waals surface area contributed by atoms with Crippen LogP contribution >= 0.6 is 11.3 Å². The molecule has 2 saturated heterocycles. The summed E-state index contributed by atoms with van der Waals surface area (Å²) < 4.78 is 28.9. The molecule has 0 radical (unpaired) electrons. The second kappa shape index (κ2) is 10.7. The lowest BCUT2D eigenvalue weighted by Gasteiger charge is -2.34. The number of benzene rings is 1. The SMILES string of the molecule is CN1CCCC1c1nc(-c2cn(S(=O)(=O)c3ccccc3)c3ncc([C@H]4CC[C@@H](N5CCCC5)CC4)cc23)cs1. The minimum absolute atomic E-state index is 0.260. The van der Waals surface area contributed by atoms with E-state index in [2.05, 4.69) is 28.3 Å². The van der Waals surface area contributed by atoms with Gasteiger partial charge in [0.05, 0.1) is 16.6 Å². The van der Waals surface area contributed by atoms with E-state index in [4.69, 9.17) is 9.97 Å². The number of aromatic nitrogens is 3. The van der Waals surface area contributed by atoms with Crippen molar-refractivity contribution in [1.29, 1.82) is 0 Å². The number of nitrogens with zero attached hydrogens (tertiary/aromatic N) is 5. The molecule has 0 N–H and O–H groups in total. The average molecular weight is 576 g/mol. The second-order valence-electron chi connectivity index (χ2n) is 11.8. The maximum atomic E-state index is 13.8. The van der Waals surface area contributed by atoms with Gasteiger partial charge in [0.25, 0.3) is 10.0 Å². The fraction of sp³-hybridized carbons (Fsp3) is 0.484. The van der Waals surface area contributed by atoms with E-state index in [1.54, 1.807) is 41.8 Å². The van der Waals surface area contributed by atoms with Crippen LogP contribution in [0.2, 0.25) is 0 Å². The Morgan fingerprint density at radius 2 is 1.73 bits per heavy atom. The van der Waals surface area contributed by atoms with Crippen LogP contribution in [0.4, 0.5) is 0 Å². The number of fused-ring (bicyclic) bond motifs is 1. The molecule has 1 unspecified atom stereocenters. The Kier molecular flexibility index (Phi) is 7.02. The summed E-state index contributed by atoms with van der Waals surface area (Å²) in [5.74, 6) is 0.454. The van der Waals surface area contributed by atoms with E-state index in [9.17, 15) is 8.42 Å². The molecule has 210 valence electrons. The van der Waals surface area contributed by atoms with Crippen molar-refractivity contribution in [3.8, 4) is 11.3 Å². The van der Waals surface area contributed by atoms with Gasteiger partial charge in [-0.1, -0.05) is 18.2 Å². The summed E-state index contributed by atoms with van der Waals surface area (Å²) in [6.45, 7) is 3.59. The zero-order valence-electron chi connectivity index (χ0n) is 23.1. The first-order valence-electron chi connectivity index (χ1n) is 14.7. The summed E-state index contributed by atoms with van der Waals surface area (Å²) in [6.07, 6.45) is 13.4. The molecule has 1 atom stereocenters. The van der Waals surface area contributed by atoms with Crippen molar-refractivity contribution < 1.29 is 8.42 Å². The lowest BCUT2D eigenvalue weighted by Crippen LogP contribution is -2.35. The predicted molar refractivity (Wildman–Crippen MR) is 160 cm³/mol. The Balaban J connectivity index is 1.27. The molecule has 1 saturated carbocycles. The van der Waals surface area contributed by atoms with Crippen LogP contribution in [0.1, 0.15) is 73.9 Å². The third-order valence-electron chi connectivity index (χ3n) is 9.36. The minimum atomic E-state index is -3.81. The molecule has 5 heterocycles. The number of thiazole rings is 1. The third kappa shape index (κ3) is 4.70. The maximum absolute atomic E-state index is 13.8. The Bertz CT molecular complexity index is 1600. The fourth-order valence-electron chi connectivity index (χ4n) is 7.08. The first kappa shape index (κ1) is 26.3. The van der Waals surface area contributed by atoms with Gasteiger partial charge >= 0.3 is 0 Å². The first-order valence-corrected chi connectivity index (χ1v) is 17.0. The van der Waals surface area contributed by atoms with Crippen molar-refractivity contribution >= 4 is 32.4 Å². The van der Waals surface area contributed by atoms with E-state index < -0.39 is 10.0 Å². The van der Waals surface area contributed by atoms with Crippen LogP contribution in [-0.2, 0) is 10.0 Å². The van der Waals surface area contributed by atoms with E-state index >= 15 is 0 Å². The lowest BCUT2D eigenvalue weighted by atomic mass is 9.81. The molecular formula is C31H37N5O2S2. The van der Waals surface area contributed by atoms with Crippen LogP contribution in [0.3, 0.4) is 0 Å². The Hall–Kier alpha value is -2.59. The highest BCUT2D eigenvalue weighted by molar-refractivity contribution is 7.90. The van der Waals surface area contributed by atoms with E-state index in [1.807, 2.05) is 12.3 Å². The molecule has 7 rings (SSSR count). The molecule has 3 fully saturated rings. The molecular weight excluding hydrogens is 539 g/mol. The topological polar surface area (TPSA) is 71.3 Å². The van der Waals surface area contributed by atoms with Gasteiger partial charge in [-0.3, -0.25) is 4.90 Å². The van der Waals surface area contributed by atoms with Crippen LogP contribution in [0.5, 0.6) is 0 Å². The zero-order chi connectivity index (χ0) is 27.3. The highest BCUT2D eigenvalue weighted by Gasteiger charge is 2.30. The van der Waals surface area contributed by atoms with Gasteiger partial charge in [0.1, 0.15) is 5.01 Å². The van der Waals surface area contributed by atoms with Crippen LogP contribution in [-0.4, -0.2) is 64.9 Å². The van der Waals surface area contributed by atoms with Crippen LogP contribution in [0.25, 0.3) is 22.3 Å². The average Bonchev–Trinajstić information content (AvgIpc) is 3.80. The van der Waals surface area contributed by atoms with Crippen LogP contribution in [0, 0.1) is 0 Å². The number of pyridine rings is 1. The van der Waals surface area contributed by atoms with Gasteiger partial charge in [-0.25, -0.2) is 22.4 Å². The molecule has 9 heteroatoms. The molecule has 0 bridgehead atoms. The van der Waals surface area contributed by atoms with E-state index in [0.717, 1.165) is 47.5 Å². The van der Waals surface area contributed by atoms with Crippen molar-refractivity contribution in [3.63, 3.8) is 0 Å². The number of hydrogen-bond acceptors (Lipinski definition) is 7. The number of rotatable bonds is 6. The monoisotopic (exact) mass is 575 g/mol. The summed E-state index contributed by atoms with van der Waals surface area (Å²) >= 11 is 1.68. The molecule has 0 amide bonds. The molecule has 1 aromatic carbocycles. The van der Waals surface area contributed by atoms with E-state index in [1.165, 1.54) is 54.7 Å². The maximum Gasteiger partial charge on any atom is 0.269 e. The van der Waals surface area contributed by atoms with Gasteiger partial charge in [0.2, 0.25) is 0 Å². The standard InChI is InChI=1S/C31H37N5O2S2/c1-34-15-7-10-29(34)31-33-28(21-39-31)27-20-36(40(37,38)25-8-3-2-4-9-25)30-26(27)18-23(19-32-30)22-11-13-24(14-12-22)35-16-5-6-17-35/h2-4,8-9,18-22,24,29H,5-7,10-17H2,1H3/t22-,24+,29?. The van der Waals surface area contributed by atoms with Crippen LogP contribution in [0.15, 0.2) is 59.1 Å². The smallest absolute Gasteiger partial charge is 0.269 e. The summed E-state index contributed by atoms with van der Waals surface area (Å²) in [4.78, 5) is 15.2. The summed E-state index contributed by atoms with van der Waals surface area (Å²) in [6, 6.07) is 11.9. The second-order valence-corrected chi connectivity index (χ2v) is 14.5. The van der Waals surface area contributed by atoms with Gasteiger partial charge in [-0.05, 0) is 108 Å². The zero-order valence-corrected chi connectivity index (χ0v) is 24.7. The molecule has 2 aliphatic heterocycles. The molecule has 3 aliphatic rings. The number of hydrogen-bond donors (Lipinski definition) is 0. The minimum Gasteiger partial charge on any atom is -0.300 e. The van der Waals surface area contributed by atoms with Gasteiger partial charge in [-0.2, -0.15) is 0 Å². The van der Waals surface area contributed by atoms with Crippen LogP contribution < -0.4 is 0 Å². The molecule has 40 heavy (non-hydrogen) atoms. The van der Waals surface area contributed by atoms with Crippen molar-refractivity contribution in [2.75, 3.05) is 26.7 Å². The Morgan fingerprint density at radius 1 is 0.950 bits per heavy atom. The largest absolute Gasteiger partial charge is 0.300 e. The first-order chi connectivity index (χ1) is 19.5. The molecule has 1 aliphatic carbocycles. The summed E-state index contributed by atoms with van der Waals surface area (Å²) in [5, 5.41) is 4.06. The fourth-order valence-corrected chi connectivity index (χ4v) is 9.44. The van der Waals surface area contributed by atoms with Crippen molar-refractivity contribution in [3.05, 3.63) is 64.7 Å².